The predicted molar refractivity (Wildman–Crippen MR) is 81.0 cm³/mol. The van der Waals surface area contributed by atoms with Crippen molar-refractivity contribution in [3.63, 3.8) is 0 Å². The molecule has 0 atom stereocenters. The molecular weight excluding hydrogens is 376 g/mol. The Labute approximate surface area is 126 Å². The van der Waals surface area contributed by atoms with Crippen molar-refractivity contribution < 1.29 is 4.79 Å². The maximum Gasteiger partial charge on any atom is 0.259 e. The van der Waals surface area contributed by atoms with Crippen molar-refractivity contribution in [2.24, 2.45) is 0 Å². The third kappa shape index (κ3) is 3.10. The third-order valence-electron chi connectivity index (χ3n) is 2.46. The van der Waals surface area contributed by atoms with Crippen LogP contribution < -0.4 is 11.1 Å². The van der Waals surface area contributed by atoms with E-state index in [0.29, 0.717) is 26.3 Å². The second-order valence-electron chi connectivity index (χ2n) is 3.83. The lowest BCUT2D eigenvalue weighted by molar-refractivity contribution is 0.102. The van der Waals surface area contributed by atoms with E-state index in [4.69, 9.17) is 5.73 Å². The number of rotatable bonds is 2. The lowest BCUT2D eigenvalue weighted by Gasteiger charge is -2.10. The average Bonchev–Trinajstić information content (AvgIpc) is 2.32. The molecule has 0 fully saturated rings. The smallest absolute Gasteiger partial charge is 0.259 e. The van der Waals surface area contributed by atoms with Gasteiger partial charge in [-0.15, -0.1) is 0 Å². The lowest BCUT2D eigenvalue weighted by Crippen LogP contribution is -2.17. The van der Waals surface area contributed by atoms with Crippen LogP contribution in [0.5, 0.6) is 0 Å². The second-order valence-corrected chi connectivity index (χ2v) is 5.39. The molecule has 0 spiro atoms. The van der Waals surface area contributed by atoms with Crippen LogP contribution in [-0.4, -0.2) is 15.9 Å². The average molecular weight is 386 g/mol. The molecule has 1 heterocycles. The number of nitrogens with one attached hydrogen (secondary N) is 1. The molecule has 0 saturated heterocycles. The first-order chi connectivity index (χ1) is 8.99. The number of aryl methyl sites for hydroxylation is 1. The second kappa shape index (κ2) is 5.66. The molecular formula is C12H10Br2N4O. The van der Waals surface area contributed by atoms with Crippen molar-refractivity contribution in [3.05, 3.63) is 44.7 Å². The van der Waals surface area contributed by atoms with Gasteiger partial charge in [-0.25, -0.2) is 9.97 Å². The molecule has 0 radical (unpaired) electrons. The molecule has 1 aromatic carbocycles. The number of hydrogen-bond donors (Lipinski definition) is 2. The molecule has 0 aliphatic carbocycles. The van der Waals surface area contributed by atoms with E-state index in [-0.39, 0.29) is 5.91 Å². The van der Waals surface area contributed by atoms with Crippen LogP contribution in [0.25, 0.3) is 0 Å². The fourth-order valence-electron chi connectivity index (χ4n) is 1.60. The summed E-state index contributed by atoms with van der Waals surface area (Å²) in [4.78, 5) is 20.4. The van der Waals surface area contributed by atoms with Crippen molar-refractivity contribution in [2.75, 3.05) is 11.1 Å². The molecule has 0 unspecified atom stereocenters. The van der Waals surface area contributed by atoms with Gasteiger partial charge in [-0.2, -0.15) is 0 Å². The third-order valence-corrected chi connectivity index (χ3v) is 3.40. The molecule has 1 amide bonds. The zero-order valence-electron chi connectivity index (χ0n) is 9.95. The van der Waals surface area contributed by atoms with Gasteiger partial charge in [0.05, 0.1) is 11.8 Å². The van der Waals surface area contributed by atoms with Crippen LogP contribution >= 0.6 is 31.9 Å². The Morgan fingerprint density at radius 1 is 1.37 bits per heavy atom. The maximum atomic E-state index is 12.2. The zero-order chi connectivity index (χ0) is 14.0. The number of nitrogens with two attached hydrogens (primary N) is 1. The number of aromatic nitrogens is 2. The minimum atomic E-state index is -0.312. The highest BCUT2D eigenvalue weighted by atomic mass is 79.9. The molecule has 3 N–H and O–H groups in total. The fraction of sp³-hybridized carbons (Fsp3) is 0.0833. The van der Waals surface area contributed by atoms with Gasteiger partial charge < -0.3 is 11.1 Å². The molecule has 19 heavy (non-hydrogen) atoms. The molecule has 5 nitrogen and oxygen atoms in total. The number of anilines is 2. The van der Waals surface area contributed by atoms with E-state index in [1.54, 1.807) is 12.1 Å². The summed E-state index contributed by atoms with van der Waals surface area (Å²) in [6.07, 6.45) is 1.50. The number of nitrogen functional groups attached to an aromatic ring is 1. The van der Waals surface area contributed by atoms with E-state index in [1.807, 2.05) is 13.0 Å². The van der Waals surface area contributed by atoms with Crippen molar-refractivity contribution in [1.82, 2.24) is 9.97 Å². The number of amides is 1. The maximum absolute atomic E-state index is 12.2. The van der Waals surface area contributed by atoms with E-state index < -0.39 is 0 Å². The number of nitrogens with zero attached hydrogens (tertiary/aromatic N) is 2. The van der Waals surface area contributed by atoms with E-state index in [9.17, 15) is 4.79 Å². The highest BCUT2D eigenvalue weighted by Crippen LogP contribution is 2.22. The van der Waals surface area contributed by atoms with Gasteiger partial charge in [0.15, 0.2) is 5.82 Å². The van der Waals surface area contributed by atoms with E-state index >= 15 is 0 Å². The van der Waals surface area contributed by atoms with Crippen molar-refractivity contribution in [1.29, 1.82) is 0 Å². The minimum Gasteiger partial charge on any atom is -0.398 e. The zero-order valence-corrected chi connectivity index (χ0v) is 13.1. The van der Waals surface area contributed by atoms with Gasteiger partial charge in [0.2, 0.25) is 0 Å². The van der Waals surface area contributed by atoms with Crippen molar-refractivity contribution in [3.8, 4) is 0 Å². The quantitative estimate of drug-likeness (QED) is 0.778. The van der Waals surface area contributed by atoms with Gasteiger partial charge in [0.1, 0.15) is 9.21 Å². The monoisotopic (exact) mass is 384 g/mol. The summed E-state index contributed by atoms with van der Waals surface area (Å²) in [6.45, 7) is 1.83. The molecule has 0 bridgehead atoms. The topological polar surface area (TPSA) is 80.9 Å². The number of carbonyl (C=O) groups excluding carboxylic acids is 1. The summed E-state index contributed by atoms with van der Waals surface area (Å²) in [6, 6.07) is 5.31. The van der Waals surface area contributed by atoms with E-state index in [1.165, 1.54) is 6.20 Å². The molecule has 0 aliphatic heterocycles. The van der Waals surface area contributed by atoms with E-state index in [2.05, 4.69) is 47.1 Å². The number of benzene rings is 1. The molecule has 1 aromatic heterocycles. The Hall–Kier alpha value is -1.47. The highest BCUT2D eigenvalue weighted by Gasteiger charge is 2.15. The Bertz CT molecular complexity index is 625. The Kier molecular flexibility index (Phi) is 4.16. The predicted octanol–water partition coefficient (Wildman–Crippen LogP) is 3.14. The van der Waals surface area contributed by atoms with E-state index in [0.717, 1.165) is 5.56 Å². The Balaban J connectivity index is 2.31. The summed E-state index contributed by atoms with van der Waals surface area (Å²) in [7, 11) is 0. The van der Waals surface area contributed by atoms with Gasteiger partial charge in [-0.3, -0.25) is 4.79 Å². The van der Waals surface area contributed by atoms with Crippen LogP contribution in [0, 0.1) is 6.92 Å². The SMILES string of the molecule is Cc1cccc(N)c1C(=O)Nc1ncc(Br)nc1Br. The summed E-state index contributed by atoms with van der Waals surface area (Å²) in [5.74, 6) is 0.0313. The van der Waals surface area contributed by atoms with Crippen LogP contribution in [0.15, 0.2) is 33.6 Å². The van der Waals surface area contributed by atoms with Crippen molar-refractivity contribution in [2.45, 2.75) is 6.92 Å². The molecule has 0 saturated carbocycles. The molecule has 2 aromatic rings. The number of hydrogen-bond acceptors (Lipinski definition) is 4. The molecule has 0 aliphatic rings. The lowest BCUT2D eigenvalue weighted by atomic mass is 10.1. The first-order valence-corrected chi connectivity index (χ1v) is 6.92. The summed E-state index contributed by atoms with van der Waals surface area (Å²) < 4.78 is 1.02. The molecule has 2 rings (SSSR count). The Morgan fingerprint density at radius 3 is 2.74 bits per heavy atom. The Morgan fingerprint density at radius 2 is 2.11 bits per heavy atom. The van der Waals surface area contributed by atoms with Gasteiger partial charge >= 0.3 is 0 Å². The minimum absolute atomic E-state index is 0.312. The number of halogens is 2. The van der Waals surface area contributed by atoms with Crippen molar-refractivity contribution >= 4 is 49.3 Å². The van der Waals surface area contributed by atoms with Crippen LogP contribution in [0.3, 0.4) is 0 Å². The summed E-state index contributed by atoms with van der Waals surface area (Å²) >= 11 is 6.43. The fourth-order valence-corrected chi connectivity index (χ4v) is 2.51. The van der Waals surface area contributed by atoms with Gasteiger partial charge in [-0.1, -0.05) is 12.1 Å². The van der Waals surface area contributed by atoms with Crippen LogP contribution in [0.4, 0.5) is 11.5 Å². The van der Waals surface area contributed by atoms with Gasteiger partial charge in [0, 0.05) is 5.69 Å². The van der Waals surface area contributed by atoms with Gasteiger partial charge in [-0.05, 0) is 50.4 Å². The van der Waals surface area contributed by atoms with Gasteiger partial charge in [0.25, 0.3) is 5.91 Å². The molecule has 7 heteroatoms. The van der Waals surface area contributed by atoms with Crippen LogP contribution in [0.2, 0.25) is 0 Å². The highest BCUT2D eigenvalue weighted by molar-refractivity contribution is 9.11. The summed E-state index contributed by atoms with van der Waals surface area (Å²) in [5.41, 5.74) is 7.50. The number of carbonyl (C=O) groups is 1. The van der Waals surface area contributed by atoms with Crippen LogP contribution in [0.1, 0.15) is 15.9 Å². The first kappa shape index (κ1) is 14.0. The molecule has 98 valence electrons. The normalized spacial score (nSPS) is 10.3. The van der Waals surface area contributed by atoms with Crippen LogP contribution in [-0.2, 0) is 0 Å². The summed E-state index contributed by atoms with van der Waals surface area (Å²) in [5, 5.41) is 2.68. The largest absolute Gasteiger partial charge is 0.398 e. The first-order valence-electron chi connectivity index (χ1n) is 5.33. The standard InChI is InChI=1S/C12H10Br2N4O/c1-6-3-2-4-7(15)9(6)12(19)18-11-10(14)17-8(13)5-16-11/h2-5H,15H2,1H3,(H,16,18,19).